The lowest BCUT2D eigenvalue weighted by Gasteiger charge is -2.42. The molecule has 0 bridgehead atoms. The Bertz CT molecular complexity index is 1810. The molecular weight excluding hydrogens is 660 g/mol. The lowest BCUT2D eigenvalue weighted by molar-refractivity contribution is 0.157. The first-order valence-electron chi connectivity index (χ1n) is 17.9. The molecule has 0 radical (unpaired) electrons. The molecule has 4 aromatic carbocycles. The number of rotatable bonds is 8. The van der Waals surface area contributed by atoms with E-state index in [-0.39, 0.29) is 6.61 Å². The highest BCUT2D eigenvalue weighted by molar-refractivity contribution is 5.56. The van der Waals surface area contributed by atoms with Crippen molar-refractivity contribution >= 4 is 0 Å². The van der Waals surface area contributed by atoms with Crippen LogP contribution in [0.5, 0.6) is 40.2 Å². The summed E-state index contributed by atoms with van der Waals surface area (Å²) >= 11 is 0. The molecule has 0 unspecified atom stereocenters. The first kappa shape index (κ1) is 35.7. The topological polar surface area (TPSA) is 91.3 Å². The highest BCUT2D eigenvalue weighted by Crippen LogP contribution is 2.47. The summed E-state index contributed by atoms with van der Waals surface area (Å²) in [4.78, 5) is 5.03. The molecule has 4 heterocycles. The summed E-state index contributed by atoms with van der Waals surface area (Å²) in [6.07, 6.45) is 3.88. The van der Waals surface area contributed by atoms with Crippen molar-refractivity contribution in [1.29, 1.82) is 0 Å². The van der Waals surface area contributed by atoms with Crippen molar-refractivity contribution in [3.63, 3.8) is 0 Å². The van der Waals surface area contributed by atoms with E-state index >= 15 is 0 Å². The minimum Gasteiger partial charge on any atom is -0.496 e. The smallest absolute Gasteiger partial charge is 0.165 e. The molecule has 10 heteroatoms. The van der Waals surface area contributed by atoms with Crippen LogP contribution < -0.4 is 33.2 Å². The lowest BCUT2D eigenvalue weighted by atomic mass is 9.83. The monoisotopic (exact) mass is 710 g/mol. The third-order valence-electron chi connectivity index (χ3n) is 11.3. The van der Waals surface area contributed by atoms with E-state index in [1.165, 1.54) is 44.5 Å². The average molecular weight is 711 g/mol. The van der Waals surface area contributed by atoms with E-state index in [2.05, 4.69) is 46.2 Å². The second kappa shape index (κ2) is 15.1. The van der Waals surface area contributed by atoms with Gasteiger partial charge in [-0.1, -0.05) is 12.1 Å². The first-order chi connectivity index (χ1) is 25.4. The van der Waals surface area contributed by atoms with Crippen LogP contribution in [0.2, 0.25) is 0 Å². The fourth-order valence-corrected chi connectivity index (χ4v) is 8.69. The minimum atomic E-state index is -0.00914. The van der Waals surface area contributed by atoms with Gasteiger partial charge >= 0.3 is 0 Å². The number of hydrogen-bond donors (Lipinski definition) is 1. The number of fused-ring (bicyclic) bond motifs is 8. The van der Waals surface area contributed by atoms with Crippen LogP contribution in [-0.4, -0.2) is 77.8 Å². The van der Waals surface area contributed by atoms with Crippen LogP contribution >= 0.6 is 0 Å². The molecular formula is C42H50N2O8. The normalized spacial score (nSPS) is 18.5. The number of nitrogens with zero attached hydrogens (tertiary/aromatic N) is 2. The number of aliphatic hydroxyl groups is 1. The molecule has 10 nitrogen and oxygen atoms in total. The molecule has 0 aliphatic carbocycles. The van der Waals surface area contributed by atoms with Crippen molar-refractivity contribution < 1.29 is 38.3 Å². The van der Waals surface area contributed by atoms with Crippen LogP contribution in [0.3, 0.4) is 0 Å². The molecule has 4 aromatic rings. The highest BCUT2D eigenvalue weighted by atomic mass is 16.5. The first-order valence-corrected chi connectivity index (χ1v) is 17.9. The molecule has 0 spiro atoms. The molecule has 0 saturated heterocycles. The summed E-state index contributed by atoms with van der Waals surface area (Å²) in [6.45, 7) is 3.73. The van der Waals surface area contributed by atoms with Gasteiger partial charge in [0.25, 0.3) is 0 Å². The Balaban J connectivity index is 0.000000162. The van der Waals surface area contributed by atoms with Gasteiger partial charge in [0.2, 0.25) is 0 Å². The molecule has 0 aromatic heterocycles. The Morgan fingerprint density at radius 3 is 1.40 bits per heavy atom. The van der Waals surface area contributed by atoms with Crippen molar-refractivity contribution in [3.8, 4) is 40.2 Å². The van der Waals surface area contributed by atoms with Crippen molar-refractivity contribution in [2.45, 2.75) is 57.5 Å². The Kier molecular flexibility index (Phi) is 10.4. The second-order valence-corrected chi connectivity index (χ2v) is 13.7. The van der Waals surface area contributed by atoms with Gasteiger partial charge in [0.1, 0.15) is 5.75 Å². The number of benzene rings is 4. The van der Waals surface area contributed by atoms with E-state index < -0.39 is 0 Å². The highest BCUT2D eigenvalue weighted by Gasteiger charge is 2.36. The van der Waals surface area contributed by atoms with E-state index in [0.29, 0.717) is 12.1 Å². The summed E-state index contributed by atoms with van der Waals surface area (Å²) in [5.41, 5.74) is 11.3. The molecule has 1 N–H and O–H groups in total. The van der Waals surface area contributed by atoms with E-state index in [4.69, 9.17) is 33.2 Å². The SMILES string of the molecule is COc1cc2c(cc1CO)[C@@H]1Cc3ccc(OC)c(OC)c3CN1CC2.COc1cc2c(cc1OC)[C@@H]1Cc3ccc(OC)c(OC)c3CN1CC2. The maximum absolute atomic E-state index is 9.71. The molecule has 0 amide bonds. The van der Waals surface area contributed by atoms with Gasteiger partial charge in [0.15, 0.2) is 34.5 Å². The Morgan fingerprint density at radius 1 is 0.519 bits per heavy atom. The Hall–Kier alpha value is -4.64. The molecule has 4 aliphatic rings. The van der Waals surface area contributed by atoms with Crippen molar-refractivity contribution in [1.82, 2.24) is 9.80 Å². The van der Waals surface area contributed by atoms with Gasteiger partial charge < -0.3 is 38.3 Å². The predicted molar refractivity (Wildman–Crippen MR) is 199 cm³/mol. The zero-order chi connectivity index (χ0) is 36.5. The lowest BCUT2D eigenvalue weighted by Crippen LogP contribution is -2.39. The predicted octanol–water partition coefficient (Wildman–Crippen LogP) is 6.24. The summed E-state index contributed by atoms with van der Waals surface area (Å²) in [7, 11) is 11.8. The van der Waals surface area contributed by atoms with Gasteiger partial charge in [-0.05, 0) is 95.5 Å². The van der Waals surface area contributed by atoms with Gasteiger partial charge in [-0.2, -0.15) is 0 Å². The zero-order valence-corrected chi connectivity index (χ0v) is 31.3. The largest absolute Gasteiger partial charge is 0.496 e. The second-order valence-electron chi connectivity index (χ2n) is 13.7. The van der Waals surface area contributed by atoms with Crippen molar-refractivity contribution in [2.75, 3.05) is 62.9 Å². The molecule has 52 heavy (non-hydrogen) atoms. The third-order valence-corrected chi connectivity index (χ3v) is 11.3. The number of ether oxygens (including phenoxy) is 7. The maximum Gasteiger partial charge on any atom is 0.165 e. The van der Waals surface area contributed by atoms with Gasteiger partial charge in [-0.3, -0.25) is 9.80 Å². The molecule has 2 atom stereocenters. The fourth-order valence-electron chi connectivity index (χ4n) is 8.69. The molecule has 0 fully saturated rings. The van der Waals surface area contributed by atoms with Gasteiger partial charge in [-0.25, -0.2) is 0 Å². The number of hydrogen-bond acceptors (Lipinski definition) is 10. The van der Waals surface area contributed by atoms with Crippen LogP contribution in [0.4, 0.5) is 0 Å². The van der Waals surface area contributed by atoms with Gasteiger partial charge in [0, 0.05) is 55.0 Å². The van der Waals surface area contributed by atoms with Crippen LogP contribution in [0, 0.1) is 0 Å². The van der Waals surface area contributed by atoms with Crippen molar-refractivity contribution in [3.05, 3.63) is 98.6 Å². The summed E-state index contributed by atoms with van der Waals surface area (Å²) in [6, 6.07) is 17.5. The van der Waals surface area contributed by atoms with Crippen LogP contribution in [0.15, 0.2) is 48.5 Å². The average Bonchev–Trinajstić information content (AvgIpc) is 3.20. The van der Waals surface area contributed by atoms with Gasteiger partial charge in [0.05, 0.1) is 56.4 Å². The summed E-state index contributed by atoms with van der Waals surface area (Å²) in [5.74, 6) is 5.68. The van der Waals surface area contributed by atoms with Crippen LogP contribution in [0.1, 0.15) is 62.2 Å². The molecule has 276 valence electrons. The maximum atomic E-state index is 9.71. The minimum absolute atomic E-state index is 0.00914. The van der Waals surface area contributed by atoms with Gasteiger partial charge in [-0.15, -0.1) is 0 Å². The van der Waals surface area contributed by atoms with Crippen LogP contribution in [0.25, 0.3) is 0 Å². The van der Waals surface area contributed by atoms with E-state index in [9.17, 15) is 5.11 Å². The number of aliphatic hydroxyl groups excluding tert-OH is 1. The van der Waals surface area contributed by atoms with Crippen LogP contribution in [-0.2, 0) is 45.4 Å². The third kappa shape index (κ3) is 6.27. The zero-order valence-electron chi connectivity index (χ0n) is 31.3. The quantitative estimate of drug-likeness (QED) is 0.227. The van der Waals surface area contributed by atoms with Crippen molar-refractivity contribution in [2.24, 2.45) is 0 Å². The molecule has 0 saturated carbocycles. The Morgan fingerprint density at radius 2 is 0.962 bits per heavy atom. The Labute approximate surface area is 306 Å². The molecule has 8 rings (SSSR count). The number of methoxy groups -OCH3 is 7. The standard InChI is InChI=1S/2C21H25NO4/c1-23-18-6-5-13-9-17-15-11-20(25-3)19(24-2)10-14(15)7-8-22(17)12-16(13)21(18)26-4;1-24-19-5-4-13-9-18-16-8-15(12-23)20(25-2)10-14(16)6-7-22(18)11-17(13)21(19)26-3/h5-6,10-11,17H,7-9,12H2,1-4H3;4-5,8,10,18,23H,6-7,9,11-12H2,1-3H3/t17-;18-/m00/s1. The molecule has 4 aliphatic heterocycles. The summed E-state index contributed by atoms with van der Waals surface area (Å²) < 4.78 is 38.7. The van der Waals surface area contributed by atoms with E-state index in [1.807, 2.05) is 12.1 Å². The fraction of sp³-hybridized carbons (Fsp3) is 0.429. The van der Waals surface area contributed by atoms with E-state index in [1.54, 1.807) is 49.8 Å². The van der Waals surface area contributed by atoms with E-state index in [0.717, 1.165) is 97.7 Å². The summed E-state index contributed by atoms with van der Waals surface area (Å²) in [5, 5.41) is 9.71.